The van der Waals surface area contributed by atoms with Crippen molar-refractivity contribution < 1.29 is 9.47 Å². The van der Waals surface area contributed by atoms with Crippen molar-refractivity contribution in [3.05, 3.63) is 48.2 Å². The van der Waals surface area contributed by atoms with E-state index in [4.69, 9.17) is 9.47 Å². The van der Waals surface area contributed by atoms with Crippen molar-refractivity contribution in [2.75, 3.05) is 39.0 Å². The predicted octanol–water partition coefficient (Wildman–Crippen LogP) is 3.92. The molecule has 0 N–H and O–H groups in total. The first-order chi connectivity index (χ1) is 13.2. The molecule has 3 heterocycles. The number of rotatable bonds is 5. The highest BCUT2D eigenvalue weighted by Gasteiger charge is 2.27. The lowest BCUT2D eigenvalue weighted by atomic mass is 9.96. The van der Waals surface area contributed by atoms with Crippen molar-refractivity contribution in [3.8, 4) is 11.5 Å². The molecule has 0 aliphatic carbocycles. The summed E-state index contributed by atoms with van der Waals surface area (Å²) < 4.78 is 12.1. The summed E-state index contributed by atoms with van der Waals surface area (Å²) in [7, 11) is 0. The number of aryl methyl sites for hydroxylation is 1. The zero-order valence-corrected chi connectivity index (χ0v) is 17.2. The van der Waals surface area contributed by atoms with Crippen LogP contribution >= 0.6 is 11.8 Å². The van der Waals surface area contributed by atoms with Crippen LogP contribution in [-0.4, -0.2) is 60.3 Å². The third-order valence-electron chi connectivity index (χ3n) is 5.69. The molecule has 0 amide bonds. The van der Waals surface area contributed by atoms with E-state index in [-0.39, 0.29) is 6.10 Å². The molecule has 0 radical (unpaired) electrons. The number of hydrogen-bond donors (Lipinski definition) is 0. The van der Waals surface area contributed by atoms with Crippen LogP contribution in [0.3, 0.4) is 0 Å². The smallest absolute Gasteiger partial charge is 0.162 e. The van der Waals surface area contributed by atoms with Gasteiger partial charge in [-0.1, -0.05) is 18.2 Å². The van der Waals surface area contributed by atoms with Crippen LogP contribution in [0.5, 0.6) is 11.5 Å². The summed E-state index contributed by atoms with van der Waals surface area (Å²) >= 11 is 1.91. The lowest BCUT2D eigenvalue weighted by Gasteiger charge is -2.38. The van der Waals surface area contributed by atoms with E-state index in [1.807, 2.05) is 17.8 Å². The molecule has 3 aliphatic heterocycles. The minimum absolute atomic E-state index is 0.131. The fourth-order valence-electron chi connectivity index (χ4n) is 4.14. The number of hydrogen-bond acceptors (Lipinski definition) is 5. The molecule has 0 spiro atoms. The zero-order chi connectivity index (χ0) is 18.6. The number of nitrogens with zero attached hydrogens (tertiary/aromatic N) is 2. The fourth-order valence-corrected chi connectivity index (χ4v) is 4.82. The highest BCUT2D eigenvalue weighted by atomic mass is 32.2. The van der Waals surface area contributed by atoms with E-state index < -0.39 is 0 Å². The highest BCUT2D eigenvalue weighted by Crippen LogP contribution is 2.33. The number of likely N-dealkylation sites (tertiary alicyclic amines) is 1. The summed E-state index contributed by atoms with van der Waals surface area (Å²) in [5, 5.41) is 0.490. The van der Waals surface area contributed by atoms with Crippen LogP contribution in [0.1, 0.15) is 18.4 Å². The Balaban J connectivity index is 1.24. The average molecular weight is 387 g/mol. The van der Waals surface area contributed by atoms with Gasteiger partial charge in [0.15, 0.2) is 11.5 Å². The zero-order valence-electron chi connectivity index (χ0n) is 16.3. The SMILES string of the molecule is CSC1C=CC=CN1CC1CCN(CC2COc3ccc(C)cc3O2)CC1. The lowest BCUT2D eigenvalue weighted by molar-refractivity contribution is 0.0459. The van der Waals surface area contributed by atoms with E-state index in [1.165, 1.54) is 18.4 Å². The van der Waals surface area contributed by atoms with Crippen LogP contribution in [-0.2, 0) is 0 Å². The molecule has 2 atom stereocenters. The molecule has 0 bridgehead atoms. The van der Waals surface area contributed by atoms with Gasteiger partial charge in [-0.25, -0.2) is 0 Å². The van der Waals surface area contributed by atoms with Gasteiger partial charge in [0.1, 0.15) is 12.7 Å². The van der Waals surface area contributed by atoms with Crippen LogP contribution < -0.4 is 9.47 Å². The molecule has 1 aromatic rings. The normalized spacial score (nSPS) is 25.8. The third kappa shape index (κ3) is 4.64. The number of ether oxygens (including phenoxy) is 2. The van der Waals surface area contributed by atoms with E-state index in [0.717, 1.165) is 43.6 Å². The average Bonchev–Trinajstić information content (AvgIpc) is 2.69. The largest absolute Gasteiger partial charge is 0.486 e. The summed E-state index contributed by atoms with van der Waals surface area (Å²) in [5.41, 5.74) is 1.21. The second-order valence-corrected chi connectivity index (χ2v) is 8.75. The molecule has 1 fully saturated rings. The predicted molar refractivity (Wildman–Crippen MR) is 113 cm³/mol. The van der Waals surface area contributed by atoms with Crippen LogP contribution in [0.2, 0.25) is 0 Å². The van der Waals surface area contributed by atoms with Crippen molar-refractivity contribution in [2.24, 2.45) is 5.92 Å². The Kier molecular flexibility index (Phi) is 5.98. The maximum Gasteiger partial charge on any atom is 0.162 e. The monoisotopic (exact) mass is 386 g/mol. The van der Waals surface area contributed by atoms with Crippen LogP contribution in [0.25, 0.3) is 0 Å². The van der Waals surface area contributed by atoms with E-state index in [2.05, 4.69) is 59.5 Å². The Labute approximate surface area is 167 Å². The summed E-state index contributed by atoms with van der Waals surface area (Å²) in [6.07, 6.45) is 13.7. The van der Waals surface area contributed by atoms with Crippen molar-refractivity contribution >= 4 is 11.8 Å². The molecule has 3 aliphatic rings. The summed E-state index contributed by atoms with van der Waals surface area (Å²) in [6.45, 7) is 7.17. The van der Waals surface area contributed by atoms with Gasteiger partial charge in [-0.2, -0.15) is 0 Å². The van der Waals surface area contributed by atoms with Crippen LogP contribution in [0.15, 0.2) is 42.6 Å². The number of piperidine rings is 1. The Morgan fingerprint density at radius 3 is 2.78 bits per heavy atom. The van der Waals surface area contributed by atoms with Crippen LogP contribution in [0, 0.1) is 12.8 Å². The topological polar surface area (TPSA) is 24.9 Å². The first kappa shape index (κ1) is 18.8. The number of fused-ring (bicyclic) bond motifs is 1. The third-order valence-corrected chi connectivity index (χ3v) is 6.60. The summed E-state index contributed by atoms with van der Waals surface area (Å²) in [6, 6.07) is 6.16. The Hall–Kier alpha value is -1.59. The van der Waals surface area contributed by atoms with Gasteiger partial charge in [-0.3, -0.25) is 4.90 Å². The Bertz CT molecular complexity index is 698. The quantitative estimate of drug-likeness (QED) is 0.764. The van der Waals surface area contributed by atoms with Crippen molar-refractivity contribution in [2.45, 2.75) is 31.2 Å². The summed E-state index contributed by atoms with van der Waals surface area (Å²) in [4.78, 5) is 5.03. The first-order valence-electron chi connectivity index (χ1n) is 9.97. The second-order valence-electron chi connectivity index (χ2n) is 7.79. The van der Waals surface area contributed by atoms with Gasteiger partial charge in [-0.15, -0.1) is 11.8 Å². The van der Waals surface area contributed by atoms with Crippen molar-refractivity contribution in [1.29, 1.82) is 0 Å². The van der Waals surface area contributed by atoms with E-state index in [9.17, 15) is 0 Å². The molecular weight excluding hydrogens is 356 g/mol. The van der Waals surface area contributed by atoms with Crippen LogP contribution in [0.4, 0.5) is 0 Å². The van der Waals surface area contributed by atoms with Gasteiger partial charge in [0, 0.05) is 19.3 Å². The number of thioether (sulfide) groups is 1. The Morgan fingerprint density at radius 1 is 1.11 bits per heavy atom. The molecule has 4 nitrogen and oxygen atoms in total. The van der Waals surface area contributed by atoms with Gasteiger partial charge in [0.2, 0.25) is 0 Å². The Morgan fingerprint density at radius 2 is 1.96 bits per heavy atom. The van der Waals surface area contributed by atoms with Gasteiger partial charge >= 0.3 is 0 Å². The van der Waals surface area contributed by atoms with Crippen molar-refractivity contribution in [3.63, 3.8) is 0 Å². The van der Waals surface area contributed by atoms with E-state index in [0.29, 0.717) is 12.0 Å². The summed E-state index contributed by atoms with van der Waals surface area (Å²) in [5.74, 6) is 2.55. The minimum Gasteiger partial charge on any atom is -0.486 e. The van der Waals surface area contributed by atoms with Gasteiger partial charge < -0.3 is 14.4 Å². The molecule has 5 heteroatoms. The molecule has 27 heavy (non-hydrogen) atoms. The fraction of sp³-hybridized carbons (Fsp3) is 0.545. The van der Waals surface area contributed by atoms with Gasteiger partial charge in [0.05, 0.1) is 5.37 Å². The number of benzene rings is 1. The maximum absolute atomic E-state index is 6.20. The van der Waals surface area contributed by atoms with Gasteiger partial charge in [-0.05, 0) is 68.8 Å². The number of allylic oxidation sites excluding steroid dienone is 2. The molecular formula is C22H30N2O2S. The molecule has 1 aromatic carbocycles. The van der Waals surface area contributed by atoms with E-state index in [1.54, 1.807) is 0 Å². The molecule has 0 aromatic heterocycles. The standard InChI is InChI=1S/C22H30N2O2S/c1-17-6-7-20-21(13-17)26-19(16-25-20)15-23-11-8-18(9-12-23)14-24-10-4-3-5-22(24)27-2/h3-7,10,13,18-19,22H,8-9,11-12,14-16H2,1-2H3. The first-order valence-corrected chi connectivity index (χ1v) is 11.3. The highest BCUT2D eigenvalue weighted by molar-refractivity contribution is 7.99. The minimum atomic E-state index is 0.131. The second kappa shape index (κ2) is 8.61. The lowest BCUT2D eigenvalue weighted by Crippen LogP contribution is -2.45. The molecule has 146 valence electrons. The molecule has 1 saturated heterocycles. The van der Waals surface area contributed by atoms with Crippen molar-refractivity contribution in [1.82, 2.24) is 9.80 Å². The van der Waals surface area contributed by atoms with Gasteiger partial charge in [0.25, 0.3) is 0 Å². The molecule has 0 saturated carbocycles. The molecule has 2 unspecified atom stereocenters. The van der Waals surface area contributed by atoms with E-state index >= 15 is 0 Å². The maximum atomic E-state index is 6.20. The molecule has 4 rings (SSSR count).